The molecule has 2 fully saturated rings. The van der Waals surface area contributed by atoms with E-state index in [0.717, 1.165) is 18.5 Å². The van der Waals surface area contributed by atoms with Gasteiger partial charge in [-0.15, -0.1) is 0 Å². The van der Waals surface area contributed by atoms with Gasteiger partial charge >= 0.3 is 0 Å². The second kappa shape index (κ2) is 4.28. The number of carbonyl (C=O) groups is 1. The van der Waals surface area contributed by atoms with Crippen LogP contribution in [-0.2, 0) is 4.79 Å². The van der Waals surface area contributed by atoms with Crippen LogP contribution < -0.4 is 0 Å². The van der Waals surface area contributed by atoms with Crippen LogP contribution in [0.5, 0.6) is 0 Å². The number of carbonyl (C=O) groups excluding carboxylic acids is 1. The van der Waals surface area contributed by atoms with Gasteiger partial charge in [-0.25, -0.2) is 0 Å². The first-order valence-electron chi connectivity index (χ1n) is 5.93. The molecule has 1 saturated heterocycles. The number of hydrogen-bond donors (Lipinski definition) is 1. The maximum atomic E-state index is 11.8. The maximum Gasteiger partial charge on any atom is 0.246 e. The van der Waals surface area contributed by atoms with Crippen LogP contribution in [0.15, 0.2) is 11.8 Å². The van der Waals surface area contributed by atoms with Crippen LogP contribution in [0.3, 0.4) is 0 Å². The molecule has 1 aliphatic heterocycles. The lowest BCUT2D eigenvalue weighted by Crippen LogP contribution is -2.53. The molecule has 0 unspecified atom stereocenters. The van der Waals surface area contributed by atoms with E-state index in [0.29, 0.717) is 18.4 Å². The van der Waals surface area contributed by atoms with Gasteiger partial charge in [-0.2, -0.15) is 0 Å². The molecule has 88 valence electrons. The molecule has 1 amide bonds. The van der Waals surface area contributed by atoms with Gasteiger partial charge in [-0.05, 0) is 19.8 Å². The lowest BCUT2D eigenvalue weighted by molar-refractivity contribution is -0.129. The molecule has 0 atom stereocenters. The van der Waals surface area contributed by atoms with Crippen molar-refractivity contribution >= 4 is 11.7 Å². The van der Waals surface area contributed by atoms with E-state index in [9.17, 15) is 4.79 Å². The van der Waals surface area contributed by atoms with Gasteiger partial charge in [0.05, 0.1) is 12.2 Å². The van der Waals surface area contributed by atoms with Crippen LogP contribution in [0.4, 0.5) is 0 Å². The van der Waals surface area contributed by atoms with E-state index in [2.05, 4.69) is 0 Å². The molecule has 0 aromatic carbocycles. The Labute approximate surface area is 96.4 Å². The molecule has 4 nitrogen and oxygen atoms in total. The van der Waals surface area contributed by atoms with Crippen LogP contribution in [0.25, 0.3) is 0 Å². The van der Waals surface area contributed by atoms with Crippen LogP contribution in [0.2, 0.25) is 0 Å². The van der Waals surface area contributed by atoms with Gasteiger partial charge in [0.1, 0.15) is 5.84 Å². The van der Waals surface area contributed by atoms with Crippen molar-refractivity contribution in [2.45, 2.75) is 38.6 Å². The number of nitrogens with one attached hydrogen (secondary N) is 1. The van der Waals surface area contributed by atoms with Gasteiger partial charge in [0.2, 0.25) is 5.91 Å². The van der Waals surface area contributed by atoms with E-state index < -0.39 is 0 Å². The normalized spacial score (nSPS) is 26.0. The van der Waals surface area contributed by atoms with Gasteiger partial charge in [0.25, 0.3) is 0 Å². The number of hydrogen-bond acceptors (Lipinski definition) is 2. The second-order valence-corrected chi connectivity index (χ2v) is 4.54. The predicted octanol–water partition coefficient (Wildman–Crippen LogP) is 1.58. The Hall–Kier alpha value is -1.32. The predicted molar refractivity (Wildman–Crippen MR) is 63.2 cm³/mol. The summed E-state index contributed by atoms with van der Waals surface area (Å²) in [4.78, 5) is 15.4. The fraction of sp³-hybridized carbons (Fsp3) is 0.667. The Balaban J connectivity index is 2.21. The number of allylic oxidation sites excluding steroid dienone is 1. The summed E-state index contributed by atoms with van der Waals surface area (Å²) in [6, 6.07) is 0.403. The zero-order valence-electron chi connectivity index (χ0n) is 9.99. The first kappa shape index (κ1) is 11.2. The maximum absolute atomic E-state index is 11.8. The van der Waals surface area contributed by atoms with E-state index in [-0.39, 0.29) is 5.91 Å². The molecular formula is C12H19N3O. The van der Waals surface area contributed by atoms with E-state index in [1.807, 2.05) is 17.9 Å². The molecule has 1 aliphatic carbocycles. The Morgan fingerprint density at radius 2 is 2.00 bits per heavy atom. The van der Waals surface area contributed by atoms with Gasteiger partial charge < -0.3 is 9.80 Å². The van der Waals surface area contributed by atoms with Crippen molar-refractivity contribution in [2.24, 2.45) is 0 Å². The molecular weight excluding hydrogens is 202 g/mol. The summed E-state index contributed by atoms with van der Waals surface area (Å²) in [6.07, 6.45) is 6.54. The summed E-state index contributed by atoms with van der Waals surface area (Å²) >= 11 is 0. The Bertz CT molecular complexity index is 342. The van der Waals surface area contributed by atoms with Crippen molar-refractivity contribution < 1.29 is 4.79 Å². The molecule has 4 heteroatoms. The molecule has 0 spiro atoms. The highest BCUT2D eigenvalue weighted by Gasteiger charge is 2.34. The summed E-state index contributed by atoms with van der Waals surface area (Å²) in [6.45, 7) is 2.25. The number of likely N-dealkylation sites (N-methyl/N-ethyl adjacent to an activating group) is 1. The van der Waals surface area contributed by atoms with Crippen LogP contribution in [-0.4, -0.2) is 41.2 Å². The third kappa shape index (κ3) is 1.72. The molecule has 2 aliphatic rings. The lowest BCUT2D eigenvalue weighted by Gasteiger charge is -2.39. The number of amides is 1. The second-order valence-electron chi connectivity index (χ2n) is 4.54. The molecule has 1 heterocycles. The summed E-state index contributed by atoms with van der Waals surface area (Å²) in [5.74, 6) is 0.604. The molecule has 0 bridgehead atoms. The largest absolute Gasteiger partial charge is 0.343 e. The number of piperazine rings is 1. The summed E-state index contributed by atoms with van der Waals surface area (Å²) < 4.78 is 0. The SMILES string of the molecule is C/C=C1\C(=N)N(C2CCCC2)CC(=O)N1C. The van der Waals surface area contributed by atoms with E-state index in [1.54, 1.807) is 11.9 Å². The smallest absolute Gasteiger partial charge is 0.246 e. The number of nitrogens with zero attached hydrogens (tertiary/aromatic N) is 2. The Morgan fingerprint density at radius 3 is 2.56 bits per heavy atom. The van der Waals surface area contributed by atoms with Crippen LogP contribution in [0.1, 0.15) is 32.6 Å². The lowest BCUT2D eigenvalue weighted by atomic mass is 10.1. The van der Waals surface area contributed by atoms with E-state index >= 15 is 0 Å². The van der Waals surface area contributed by atoms with Crippen LogP contribution in [0, 0.1) is 5.41 Å². The van der Waals surface area contributed by atoms with Crippen molar-refractivity contribution in [3.05, 3.63) is 11.8 Å². The molecule has 0 aromatic heterocycles. The minimum absolute atomic E-state index is 0.0935. The number of rotatable bonds is 1. The zero-order valence-corrected chi connectivity index (χ0v) is 9.99. The minimum Gasteiger partial charge on any atom is -0.343 e. The summed E-state index contributed by atoms with van der Waals surface area (Å²) in [7, 11) is 1.75. The van der Waals surface area contributed by atoms with Crippen molar-refractivity contribution in [3.8, 4) is 0 Å². The average Bonchev–Trinajstić information content (AvgIpc) is 2.77. The molecule has 16 heavy (non-hydrogen) atoms. The van der Waals surface area contributed by atoms with Crippen molar-refractivity contribution in [1.29, 1.82) is 5.41 Å². The molecule has 2 rings (SSSR count). The number of amidine groups is 1. The van der Waals surface area contributed by atoms with Crippen molar-refractivity contribution in [1.82, 2.24) is 9.80 Å². The highest BCUT2D eigenvalue weighted by molar-refractivity contribution is 6.04. The average molecular weight is 221 g/mol. The summed E-state index contributed by atoms with van der Waals surface area (Å²) in [5, 5.41) is 8.15. The molecule has 1 saturated carbocycles. The fourth-order valence-corrected chi connectivity index (χ4v) is 2.63. The minimum atomic E-state index is 0.0935. The van der Waals surface area contributed by atoms with Crippen molar-refractivity contribution in [2.75, 3.05) is 13.6 Å². The van der Waals surface area contributed by atoms with Gasteiger partial charge in [-0.1, -0.05) is 18.9 Å². The Kier molecular flexibility index (Phi) is 2.99. The van der Waals surface area contributed by atoms with E-state index in [4.69, 9.17) is 5.41 Å². The monoisotopic (exact) mass is 221 g/mol. The summed E-state index contributed by atoms with van der Waals surface area (Å²) in [5.41, 5.74) is 0.739. The standard InChI is InChI=1S/C12H19N3O/c1-3-10-12(13)15(8-11(16)14(10)2)9-6-4-5-7-9/h3,9,13H,4-8H2,1-2H3/b10-3+,13-12?. The third-order valence-corrected chi connectivity index (χ3v) is 3.61. The quantitative estimate of drug-likeness (QED) is 0.731. The molecule has 1 N–H and O–H groups in total. The third-order valence-electron chi connectivity index (χ3n) is 3.61. The van der Waals surface area contributed by atoms with Crippen LogP contribution >= 0.6 is 0 Å². The first-order valence-corrected chi connectivity index (χ1v) is 5.93. The van der Waals surface area contributed by atoms with Crippen molar-refractivity contribution in [3.63, 3.8) is 0 Å². The topological polar surface area (TPSA) is 47.4 Å². The van der Waals surface area contributed by atoms with E-state index in [1.165, 1.54) is 12.8 Å². The van der Waals surface area contributed by atoms with Gasteiger partial charge in [0.15, 0.2) is 0 Å². The molecule has 0 radical (unpaired) electrons. The zero-order chi connectivity index (χ0) is 11.7. The first-order chi connectivity index (χ1) is 7.65. The van der Waals surface area contributed by atoms with Gasteiger partial charge in [-0.3, -0.25) is 10.2 Å². The highest BCUT2D eigenvalue weighted by atomic mass is 16.2. The fourth-order valence-electron chi connectivity index (χ4n) is 2.63. The van der Waals surface area contributed by atoms with Gasteiger partial charge in [0, 0.05) is 13.1 Å². The highest BCUT2D eigenvalue weighted by Crippen LogP contribution is 2.27. The molecule has 0 aromatic rings. The Morgan fingerprint density at radius 1 is 1.38 bits per heavy atom.